The van der Waals surface area contributed by atoms with E-state index in [-0.39, 0.29) is 49.7 Å². The zero-order valence-electron chi connectivity index (χ0n) is 35.3. The third kappa shape index (κ3) is 9.86. The van der Waals surface area contributed by atoms with Crippen molar-refractivity contribution in [1.29, 1.82) is 0 Å². The standard InChI is InChI=1S/C43H57N9O6.H2/c1-24(2)18-33(28(7)53)47-40(57)43(8,9)49-38(55)34-12-11-17-51(34)39(56)32(25(3)4)20-36(54)29-15-13-26(5)35(19-29)52-23-30-21-45-41(48-37(30)50(10)42(52)58)46-31-16-14-27(6)44-22-31;/h13-16,19,21-22,24-25,32-34H,11-12,17-18,20,23H2,1-10H3,(H,47,57)(H,49,55)(H,45,46,48);1H/t32-,33-,34-;/m0./s1. The Morgan fingerprint density at radius 1 is 1.00 bits per heavy atom. The Bertz CT molecular complexity index is 2070. The quantitative estimate of drug-likeness (QED) is 0.156. The number of carbonyl (C=O) groups is 6. The summed E-state index contributed by atoms with van der Waals surface area (Å²) in [5.74, 6) is -1.69. The highest BCUT2D eigenvalue weighted by atomic mass is 16.2. The molecule has 0 spiro atoms. The lowest BCUT2D eigenvalue weighted by Gasteiger charge is -2.35. The van der Waals surface area contributed by atoms with E-state index in [0.29, 0.717) is 54.5 Å². The number of amides is 5. The molecule has 5 rings (SSSR count). The van der Waals surface area contributed by atoms with Crippen molar-refractivity contribution in [1.82, 2.24) is 30.5 Å². The number of urea groups is 1. The SMILES string of the molecule is CC(=O)[C@H](CC(C)C)NC(=O)C(C)(C)NC(=O)[C@@H]1CCCN1C(=O)[C@@H](CC(=O)c1ccc(C)c(N2Cc3cnc(Nc4ccc(C)nc4)nc3N(C)C2=O)c1)C(C)C.[HH]. The van der Waals surface area contributed by atoms with Crippen LogP contribution in [0.15, 0.2) is 42.7 Å². The predicted molar refractivity (Wildman–Crippen MR) is 224 cm³/mol. The number of rotatable bonds is 15. The lowest BCUT2D eigenvalue weighted by molar-refractivity contribution is -0.144. The van der Waals surface area contributed by atoms with Crippen molar-refractivity contribution in [3.63, 3.8) is 0 Å². The molecule has 0 bridgehead atoms. The minimum atomic E-state index is -1.35. The van der Waals surface area contributed by atoms with Crippen LogP contribution in [-0.2, 0) is 25.7 Å². The molecule has 0 unspecified atom stereocenters. The van der Waals surface area contributed by atoms with Crippen LogP contribution in [0.5, 0.6) is 0 Å². The van der Waals surface area contributed by atoms with Crippen LogP contribution < -0.4 is 25.8 Å². The van der Waals surface area contributed by atoms with Gasteiger partial charge in [-0.2, -0.15) is 4.98 Å². The molecule has 2 aliphatic heterocycles. The number of benzene rings is 1. The molecule has 3 atom stereocenters. The molecule has 15 nitrogen and oxygen atoms in total. The summed E-state index contributed by atoms with van der Waals surface area (Å²) in [7, 11) is 1.64. The van der Waals surface area contributed by atoms with E-state index < -0.39 is 35.4 Å². The van der Waals surface area contributed by atoms with Crippen LogP contribution in [0.25, 0.3) is 0 Å². The van der Waals surface area contributed by atoms with Crippen LogP contribution in [0.1, 0.15) is 103 Å². The highest BCUT2D eigenvalue weighted by Crippen LogP contribution is 2.34. The van der Waals surface area contributed by atoms with Gasteiger partial charge in [0.25, 0.3) is 0 Å². The maximum atomic E-state index is 14.2. The molecular formula is C43H59N9O6. The summed E-state index contributed by atoms with van der Waals surface area (Å²) in [5, 5.41) is 8.72. The Labute approximate surface area is 342 Å². The number of fused-ring (bicyclic) bond motifs is 1. The second-order valence-corrected chi connectivity index (χ2v) is 16.8. The maximum Gasteiger partial charge on any atom is 0.330 e. The van der Waals surface area contributed by atoms with Crippen LogP contribution in [-0.4, -0.2) is 86.4 Å². The summed E-state index contributed by atoms with van der Waals surface area (Å²) < 4.78 is 0. The van der Waals surface area contributed by atoms with E-state index in [1.807, 2.05) is 53.7 Å². The van der Waals surface area contributed by atoms with Gasteiger partial charge in [-0.05, 0) is 89.5 Å². The van der Waals surface area contributed by atoms with Crippen molar-refractivity contribution in [2.24, 2.45) is 17.8 Å². The number of pyridine rings is 1. The molecule has 15 heteroatoms. The average Bonchev–Trinajstić information content (AvgIpc) is 3.66. The van der Waals surface area contributed by atoms with Crippen LogP contribution in [0.2, 0.25) is 0 Å². The molecule has 1 aromatic carbocycles. The number of aromatic nitrogens is 3. The molecule has 58 heavy (non-hydrogen) atoms. The lowest BCUT2D eigenvalue weighted by atomic mass is 9.87. The predicted octanol–water partition coefficient (Wildman–Crippen LogP) is 5.91. The fraction of sp³-hybridized carbons (Fsp3) is 0.512. The van der Waals surface area contributed by atoms with Gasteiger partial charge in [0.1, 0.15) is 17.4 Å². The number of hydrogen-bond donors (Lipinski definition) is 3. The smallest absolute Gasteiger partial charge is 0.330 e. The highest BCUT2D eigenvalue weighted by Gasteiger charge is 2.42. The molecule has 0 radical (unpaired) electrons. The summed E-state index contributed by atoms with van der Waals surface area (Å²) in [6, 6.07) is 7.10. The first-order valence-electron chi connectivity index (χ1n) is 20.0. The lowest BCUT2D eigenvalue weighted by Crippen LogP contribution is -2.61. The summed E-state index contributed by atoms with van der Waals surface area (Å²) in [6.45, 7) is 16.5. The molecule has 1 fully saturated rings. The molecule has 3 aromatic rings. The fourth-order valence-corrected chi connectivity index (χ4v) is 7.33. The molecule has 5 amide bonds. The van der Waals surface area contributed by atoms with E-state index in [4.69, 9.17) is 0 Å². The fourth-order valence-electron chi connectivity index (χ4n) is 7.33. The van der Waals surface area contributed by atoms with Crippen molar-refractivity contribution in [2.45, 2.75) is 112 Å². The number of aryl methyl sites for hydroxylation is 2. The molecule has 2 aromatic heterocycles. The van der Waals surface area contributed by atoms with Crippen molar-refractivity contribution in [2.75, 3.05) is 28.7 Å². The van der Waals surface area contributed by atoms with Gasteiger partial charge in [-0.3, -0.25) is 38.8 Å². The number of hydrogen-bond acceptors (Lipinski definition) is 10. The largest absolute Gasteiger partial charge is 0.344 e. The Morgan fingerprint density at radius 3 is 2.36 bits per heavy atom. The van der Waals surface area contributed by atoms with Gasteiger partial charge in [-0.15, -0.1) is 0 Å². The van der Waals surface area contributed by atoms with Crippen molar-refractivity contribution >= 4 is 58.5 Å². The van der Waals surface area contributed by atoms with Crippen LogP contribution >= 0.6 is 0 Å². The van der Waals surface area contributed by atoms with Crippen molar-refractivity contribution in [3.05, 3.63) is 65.1 Å². The zero-order chi connectivity index (χ0) is 42.6. The van der Waals surface area contributed by atoms with Crippen molar-refractivity contribution in [3.8, 4) is 0 Å². The van der Waals surface area contributed by atoms with E-state index in [9.17, 15) is 28.8 Å². The van der Waals surface area contributed by atoms with Crippen LogP contribution in [0.3, 0.4) is 0 Å². The molecule has 4 heterocycles. The van der Waals surface area contributed by atoms with E-state index in [2.05, 4.69) is 30.9 Å². The van der Waals surface area contributed by atoms with Crippen LogP contribution in [0.4, 0.5) is 27.9 Å². The van der Waals surface area contributed by atoms with Gasteiger partial charge in [0, 0.05) is 56.1 Å². The molecule has 1 saturated heterocycles. The minimum Gasteiger partial charge on any atom is -0.344 e. The minimum absolute atomic E-state index is 0. The van der Waals surface area contributed by atoms with Gasteiger partial charge in [0.2, 0.25) is 23.7 Å². The summed E-state index contributed by atoms with van der Waals surface area (Å²) in [6.07, 6.45) is 4.72. The second kappa shape index (κ2) is 17.8. The topological polar surface area (TPSA) is 187 Å². The molecule has 0 saturated carbocycles. The second-order valence-electron chi connectivity index (χ2n) is 16.8. The Morgan fingerprint density at radius 2 is 1.72 bits per heavy atom. The Balaban J connectivity index is 0.00000769. The van der Waals surface area contributed by atoms with Crippen LogP contribution in [0, 0.1) is 31.6 Å². The number of nitrogens with zero attached hydrogens (tertiary/aromatic N) is 6. The number of nitrogens with one attached hydrogen (secondary N) is 3. The van der Waals surface area contributed by atoms with E-state index >= 15 is 0 Å². The van der Waals surface area contributed by atoms with E-state index in [1.54, 1.807) is 56.4 Å². The molecule has 312 valence electrons. The van der Waals surface area contributed by atoms with E-state index in [0.717, 1.165) is 16.8 Å². The first-order chi connectivity index (χ1) is 27.3. The summed E-state index contributed by atoms with van der Waals surface area (Å²) >= 11 is 0. The monoisotopic (exact) mass is 797 g/mol. The third-order valence-electron chi connectivity index (χ3n) is 10.9. The van der Waals surface area contributed by atoms with Gasteiger partial charge in [-0.25, -0.2) is 9.78 Å². The van der Waals surface area contributed by atoms with Gasteiger partial charge in [-0.1, -0.05) is 39.8 Å². The maximum absolute atomic E-state index is 14.2. The molecule has 3 N–H and O–H groups in total. The normalized spacial score (nSPS) is 16.6. The van der Waals surface area contributed by atoms with Gasteiger partial charge in [0.05, 0.1) is 24.5 Å². The van der Waals surface area contributed by atoms with E-state index in [1.165, 1.54) is 16.7 Å². The highest BCUT2D eigenvalue weighted by molar-refractivity contribution is 6.07. The number of likely N-dealkylation sites (tertiary alicyclic amines) is 1. The third-order valence-corrected chi connectivity index (χ3v) is 10.9. The Hall–Kier alpha value is -5.73. The molecular weight excluding hydrogens is 739 g/mol. The average molecular weight is 798 g/mol. The number of ketones is 2. The summed E-state index contributed by atoms with van der Waals surface area (Å²) in [4.78, 5) is 99.1. The van der Waals surface area contributed by atoms with Gasteiger partial charge < -0.3 is 20.9 Å². The first kappa shape index (κ1) is 43.4. The van der Waals surface area contributed by atoms with Gasteiger partial charge in [0.15, 0.2) is 11.6 Å². The number of anilines is 4. The Kier molecular flexibility index (Phi) is 13.3. The summed E-state index contributed by atoms with van der Waals surface area (Å²) in [5.41, 5.74) is 2.64. The molecule has 0 aliphatic carbocycles. The van der Waals surface area contributed by atoms with Crippen molar-refractivity contribution < 1.29 is 30.2 Å². The number of Topliss-reactive ketones (excluding diaryl/α,β-unsaturated/α-hetero) is 2. The molecule has 2 aliphatic rings. The van der Waals surface area contributed by atoms with Gasteiger partial charge >= 0.3 is 6.03 Å². The number of carbonyl (C=O) groups excluding carboxylic acids is 6. The first-order valence-corrected chi connectivity index (χ1v) is 20.0. The zero-order valence-corrected chi connectivity index (χ0v) is 35.3.